The number of aryl methyl sites for hydroxylation is 2. The van der Waals surface area contributed by atoms with Gasteiger partial charge in [-0.05, 0) is 133 Å². The molecule has 0 aliphatic rings. The SMILES string of the molecule is Cc1cc(N=Nc2c(S(=O)(=O)O)cc3cc(-n4nc5ccc6c(S(=O)(=O)O)cc(S(=O)(=O)O)cc6c5n4)ccc3c2O)c(C)cc1N=Nc1ccc(N=Nc2ccc(C(=O)O)cc2)cc1. The molecule has 0 aliphatic heterocycles. The van der Waals surface area contributed by atoms with Crippen LogP contribution in [-0.4, -0.2) is 70.1 Å². The molecule has 0 amide bonds. The number of hydrogen-bond donors (Lipinski definition) is 5. The first-order valence-electron chi connectivity index (χ1n) is 18.5. The van der Waals surface area contributed by atoms with Gasteiger partial charge in [0.05, 0.1) is 44.6 Å². The second kappa shape index (κ2) is 16.4. The van der Waals surface area contributed by atoms with Gasteiger partial charge in [0.15, 0.2) is 5.75 Å². The summed E-state index contributed by atoms with van der Waals surface area (Å²) in [5.41, 5.74) is 3.26. The summed E-state index contributed by atoms with van der Waals surface area (Å²) in [4.78, 5) is 9.69. The van der Waals surface area contributed by atoms with Crippen molar-refractivity contribution in [1.29, 1.82) is 0 Å². The highest BCUT2D eigenvalue weighted by Crippen LogP contribution is 2.43. The van der Waals surface area contributed by atoms with Crippen molar-refractivity contribution >= 4 is 103 Å². The molecule has 8 rings (SSSR count). The average Bonchev–Trinajstić information content (AvgIpc) is 3.70. The molecule has 21 nitrogen and oxygen atoms in total. The smallest absolute Gasteiger partial charge is 0.335 e. The van der Waals surface area contributed by atoms with Crippen LogP contribution in [0, 0.1) is 13.8 Å². The molecule has 0 saturated carbocycles. The first-order valence-corrected chi connectivity index (χ1v) is 22.8. The lowest BCUT2D eigenvalue weighted by molar-refractivity contribution is 0.0696. The molecule has 24 heteroatoms. The zero-order valence-corrected chi connectivity index (χ0v) is 35.7. The summed E-state index contributed by atoms with van der Waals surface area (Å²) in [6.07, 6.45) is 0. The molecular weight excluding hydrogens is 907 g/mol. The standard InChI is InChI=1S/C41H29N9O12S3/c1-21-16-35(22(2)15-34(21)45-44-27-9-7-26(8-10-27)43-42-25-5-3-23(4-6-25)41(52)53)46-47-39-37(65(60,61)62)18-24-17-28(11-12-30(24)40(39)51)50-48-33-14-13-31-32(38(33)49-50)19-29(63(54,55)56)20-36(31)64(57,58)59/h3-20,51H,1-2H3,(H,52,53)(H,54,55,56)(H,57,58,59)(H,60,61,62). The van der Waals surface area contributed by atoms with Gasteiger partial charge in [-0.15, -0.1) is 15.3 Å². The number of azo groups is 3. The van der Waals surface area contributed by atoms with E-state index < -0.39 is 62.4 Å². The number of fused-ring (bicyclic) bond motifs is 4. The number of carbonyl (C=O) groups is 1. The Balaban J connectivity index is 1.07. The third-order valence-electron chi connectivity index (χ3n) is 9.83. The Morgan fingerprint density at radius 2 is 1.09 bits per heavy atom. The number of phenols is 1. The Morgan fingerprint density at radius 1 is 0.554 bits per heavy atom. The summed E-state index contributed by atoms with van der Waals surface area (Å²) in [5.74, 6) is -1.69. The minimum absolute atomic E-state index is 0.0338. The molecule has 65 heavy (non-hydrogen) atoms. The number of rotatable bonds is 11. The lowest BCUT2D eigenvalue weighted by Gasteiger charge is -2.10. The van der Waals surface area contributed by atoms with Crippen molar-refractivity contribution < 1.29 is 53.9 Å². The van der Waals surface area contributed by atoms with E-state index in [4.69, 9.17) is 5.11 Å². The lowest BCUT2D eigenvalue weighted by atomic mass is 10.1. The molecule has 0 bridgehead atoms. The maximum absolute atomic E-state index is 12.7. The van der Waals surface area contributed by atoms with E-state index in [1.807, 2.05) is 0 Å². The molecule has 1 heterocycles. The maximum Gasteiger partial charge on any atom is 0.335 e. The van der Waals surface area contributed by atoms with E-state index in [1.165, 1.54) is 54.6 Å². The highest BCUT2D eigenvalue weighted by molar-refractivity contribution is 7.87. The molecule has 0 saturated heterocycles. The number of carboxylic acid groups (broad SMARTS) is 1. The molecule has 328 valence electrons. The van der Waals surface area contributed by atoms with Crippen molar-refractivity contribution in [2.45, 2.75) is 28.5 Å². The Morgan fingerprint density at radius 3 is 1.65 bits per heavy atom. The topological polar surface area (TPSA) is 326 Å². The summed E-state index contributed by atoms with van der Waals surface area (Å²) in [6.45, 7) is 3.44. The third-order valence-corrected chi connectivity index (χ3v) is 12.4. The molecule has 0 aliphatic carbocycles. The molecule has 7 aromatic carbocycles. The largest absolute Gasteiger partial charge is 0.505 e. The van der Waals surface area contributed by atoms with Crippen LogP contribution in [0.25, 0.3) is 38.3 Å². The van der Waals surface area contributed by atoms with Crippen molar-refractivity contribution in [3.05, 3.63) is 126 Å². The van der Waals surface area contributed by atoms with Crippen molar-refractivity contribution in [1.82, 2.24) is 15.0 Å². The number of hydrogen-bond acceptors (Lipinski definition) is 16. The monoisotopic (exact) mass is 935 g/mol. The Hall–Kier alpha value is -7.74. The van der Waals surface area contributed by atoms with Gasteiger partial charge in [-0.3, -0.25) is 13.7 Å². The predicted octanol–water partition coefficient (Wildman–Crippen LogP) is 9.73. The molecule has 5 N–H and O–H groups in total. The zero-order chi connectivity index (χ0) is 46.6. The first kappa shape index (κ1) is 43.9. The average molecular weight is 936 g/mol. The highest BCUT2D eigenvalue weighted by Gasteiger charge is 2.25. The Labute approximate surface area is 367 Å². The molecule has 0 radical (unpaired) electrons. The van der Waals surface area contributed by atoms with Gasteiger partial charge in [0, 0.05) is 16.2 Å². The normalized spacial score (nSPS) is 12.8. The van der Waals surface area contributed by atoms with Gasteiger partial charge >= 0.3 is 5.97 Å². The number of aromatic carboxylic acids is 1. The number of aromatic hydroxyl groups is 1. The summed E-state index contributed by atoms with van der Waals surface area (Å²) >= 11 is 0. The van der Waals surface area contributed by atoms with E-state index in [2.05, 4.69) is 40.9 Å². The fraction of sp³-hybridized carbons (Fsp3) is 0.0488. The molecule has 0 unspecified atom stereocenters. The van der Waals surface area contributed by atoms with Gasteiger partial charge in [-0.25, -0.2) is 4.79 Å². The van der Waals surface area contributed by atoms with Crippen LogP contribution in [-0.2, 0) is 30.4 Å². The van der Waals surface area contributed by atoms with Crippen molar-refractivity contribution in [2.24, 2.45) is 30.7 Å². The number of benzene rings is 7. The number of nitrogens with zero attached hydrogens (tertiary/aromatic N) is 9. The predicted molar refractivity (Wildman–Crippen MR) is 233 cm³/mol. The van der Waals surface area contributed by atoms with Crippen molar-refractivity contribution in [3.8, 4) is 11.4 Å². The minimum atomic E-state index is -5.04. The van der Waals surface area contributed by atoms with Gasteiger partial charge < -0.3 is 10.2 Å². The van der Waals surface area contributed by atoms with Crippen LogP contribution >= 0.6 is 0 Å². The second-order valence-corrected chi connectivity index (χ2v) is 18.4. The van der Waals surface area contributed by atoms with E-state index in [9.17, 15) is 48.8 Å². The number of carboxylic acids is 1. The first-order chi connectivity index (χ1) is 30.6. The molecule has 0 atom stereocenters. The molecular formula is C41H29N9O12S3. The van der Waals surface area contributed by atoms with Crippen molar-refractivity contribution in [3.63, 3.8) is 0 Å². The molecule has 8 aromatic rings. The highest BCUT2D eigenvalue weighted by atomic mass is 32.2. The summed E-state index contributed by atoms with van der Waals surface area (Å²) < 4.78 is 103. The van der Waals surface area contributed by atoms with Crippen molar-refractivity contribution in [2.75, 3.05) is 0 Å². The van der Waals surface area contributed by atoms with E-state index in [0.717, 1.165) is 16.9 Å². The fourth-order valence-electron chi connectivity index (χ4n) is 6.58. The van der Waals surface area contributed by atoms with Gasteiger partial charge in [0.25, 0.3) is 30.4 Å². The third kappa shape index (κ3) is 9.05. The fourth-order valence-corrected chi connectivity index (χ4v) is 8.57. The Bertz CT molecular complexity index is 3750. The van der Waals surface area contributed by atoms with Crippen LogP contribution in [0.1, 0.15) is 21.5 Å². The van der Waals surface area contributed by atoms with Crippen LogP contribution in [0.5, 0.6) is 5.75 Å². The quantitative estimate of drug-likeness (QED) is 0.0595. The molecule has 0 fully saturated rings. The van der Waals surface area contributed by atoms with E-state index in [1.54, 1.807) is 50.2 Å². The van der Waals surface area contributed by atoms with E-state index in [0.29, 0.717) is 39.9 Å². The van der Waals surface area contributed by atoms with Gasteiger partial charge in [0.2, 0.25) is 0 Å². The maximum atomic E-state index is 12.7. The van der Waals surface area contributed by atoms with Crippen LogP contribution < -0.4 is 0 Å². The lowest BCUT2D eigenvalue weighted by Crippen LogP contribution is -2.04. The van der Waals surface area contributed by atoms with Crippen LogP contribution in [0.2, 0.25) is 0 Å². The molecule has 0 spiro atoms. The summed E-state index contributed by atoms with van der Waals surface area (Å²) in [6, 6.07) is 25.4. The molecule has 1 aromatic heterocycles. The van der Waals surface area contributed by atoms with Crippen LogP contribution in [0.15, 0.2) is 155 Å². The number of aromatic nitrogens is 3. The summed E-state index contributed by atoms with van der Waals surface area (Å²) in [7, 11) is -15.0. The van der Waals surface area contributed by atoms with E-state index >= 15 is 0 Å². The van der Waals surface area contributed by atoms with Crippen LogP contribution in [0.4, 0.5) is 34.1 Å². The van der Waals surface area contributed by atoms with E-state index in [-0.39, 0.29) is 49.5 Å². The van der Waals surface area contributed by atoms with Crippen LogP contribution in [0.3, 0.4) is 0 Å². The zero-order valence-electron chi connectivity index (χ0n) is 33.2. The number of phenolic OH excluding ortho intramolecular Hbond substituents is 1. The second-order valence-electron chi connectivity index (χ2n) is 14.2. The minimum Gasteiger partial charge on any atom is -0.505 e. The Kier molecular flexibility index (Phi) is 11.1. The summed E-state index contributed by atoms with van der Waals surface area (Å²) in [5, 5.41) is 54.2. The van der Waals surface area contributed by atoms with Gasteiger partial charge in [-0.2, -0.15) is 55.6 Å². The van der Waals surface area contributed by atoms with Gasteiger partial charge in [0.1, 0.15) is 26.5 Å². The van der Waals surface area contributed by atoms with Gasteiger partial charge in [-0.1, -0.05) is 6.07 Å².